The Morgan fingerprint density at radius 1 is 1.27 bits per heavy atom. The van der Waals surface area contributed by atoms with Crippen molar-refractivity contribution in [1.82, 2.24) is 16.1 Å². The Bertz CT molecular complexity index is 1320. The van der Waals surface area contributed by atoms with Gasteiger partial charge in [-0.3, -0.25) is 5.43 Å². The molecule has 1 aliphatic heterocycles. The summed E-state index contributed by atoms with van der Waals surface area (Å²) in [6, 6.07) is 7.57. The molecule has 2 amide bonds. The number of rotatable bonds is 13. The van der Waals surface area contributed by atoms with Crippen LogP contribution in [-0.2, 0) is 9.53 Å². The quantitative estimate of drug-likeness (QED) is 0.0603. The van der Waals surface area contributed by atoms with Gasteiger partial charge in [-0.1, -0.05) is 34.7 Å². The fraction of sp³-hybridized carbons (Fsp3) is 0.296. The number of carbonyl (C=O) groups is 2. The van der Waals surface area contributed by atoms with E-state index in [0.29, 0.717) is 47.3 Å². The van der Waals surface area contributed by atoms with Crippen molar-refractivity contribution in [2.75, 3.05) is 26.9 Å². The van der Waals surface area contributed by atoms with Gasteiger partial charge in [0.05, 0.1) is 35.1 Å². The van der Waals surface area contributed by atoms with Crippen molar-refractivity contribution < 1.29 is 33.6 Å². The lowest BCUT2D eigenvalue weighted by molar-refractivity contribution is -0.136. The molecule has 0 radical (unpaired) electrons. The zero-order chi connectivity index (χ0) is 29.2. The molecule has 40 heavy (non-hydrogen) atoms. The number of hydrazone groups is 1. The van der Waals surface area contributed by atoms with E-state index in [1.165, 1.54) is 13.3 Å². The SMILES string of the molecule is C=CCOc1c(I)cc(Br)cc1/C=N/N[C@H](O)COc1ccc([C@H]2NC(=O)NC(C)=C2C(=O)OC)cc1OCC. The Morgan fingerprint density at radius 2 is 2.05 bits per heavy atom. The molecule has 2 atom stereocenters. The van der Waals surface area contributed by atoms with Crippen molar-refractivity contribution in [3.8, 4) is 17.2 Å². The Labute approximate surface area is 254 Å². The predicted molar refractivity (Wildman–Crippen MR) is 162 cm³/mol. The van der Waals surface area contributed by atoms with Crippen LogP contribution in [0.1, 0.15) is 31.0 Å². The first-order valence-electron chi connectivity index (χ1n) is 12.1. The number of hydrogen-bond acceptors (Lipinski definition) is 9. The smallest absolute Gasteiger partial charge is 0.337 e. The van der Waals surface area contributed by atoms with E-state index < -0.39 is 24.3 Å². The van der Waals surface area contributed by atoms with Crippen LogP contribution < -0.4 is 30.3 Å². The first-order valence-corrected chi connectivity index (χ1v) is 14.0. The van der Waals surface area contributed by atoms with Crippen LogP contribution in [0.2, 0.25) is 0 Å². The van der Waals surface area contributed by atoms with Crippen molar-refractivity contribution in [3.63, 3.8) is 0 Å². The minimum absolute atomic E-state index is 0.150. The highest BCUT2D eigenvalue weighted by molar-refractivity contribution is 14.1. The van der Waals surface area contributed by atoms with E-state index in [1.54, 1.807) is 31.2 Å². The molecular formula is C27H30BrIN4O7. The molecule has 11 nitrogen and oxygen atoms in total. The van der Waals surface area contributed by atoms with Gasteiger partial charge in [-0.15, -0.1) is 0 Å². The molecule has 2 aromatic rings. The third kappa shape index (κ3) is 8.11. The van der Waals surface area contributed by atoms with E-state index >= 15 is 0 Å². The molecule has 0 unspecified atom stereocenters. The maximum Gasteiger partial charge on any atom is 0.337 e. The van der Waals surface area contributed by atoms with Crippen LogP contribution in [0.15, 0.2) is 63.8 Å². The summed E-state index contributed by atoms with van der Waals surface area (Å²) in [5.74, 6) is 0.808. The summed E-state index contributed by atoms with van der Waals surface area (Å²) in [4.78, 5) is 24.5. The fourth-order valence-corrected chi connectivity index (χ4v) is 5.49. The first-order chi connectivity index (χ1) is 19.2. The van der Waals surface area contributed by atoms with Crippen LogP contribution >= 0.6 is 38.5 Å². The number of carbonyl (C=O) groups excluding carboxylic acids is 2. The first kappa shape index (κ1) is 31.2. The second-order valence-corrected chi connectivity index (χ2v) is 10.4. The number of allylic oxidation sites excluding steroid dienone is 1. The van der Waals surface area contributed by atoms with Crippen LogP contribution in [0.25, 0.3) is 0 Å². The van der Waals surface area contributed by atoms with Gasteiger partial charge < -0.3 is 34.7 Å². The number of esters is 1. The van der Waals surface area contributed by atoms with E-state index in [0.717, 1.165) is 8.04 Å². The third-order valence-corrected chi connectivity index (χ3v) is 6.74. The molecule has 13 heteroatoms. The number of halogens is 2. The van der Waals surface area contributed by atoms with Gasteiger partial charge in [0.2, 0.25) is 0 Å². The molecule has 3 rings (SSSR count). The summed E-state index contributed by atoms with van der Waals surface area (Å²) in [5, 5.41) is 19.9. The Hall–Kier alpha value is -3.30. The lowest BCUT2D eigenvalue weighted by Gasteiger charge is -2.28. The number of hydrogen-bond donors (Lipinski definition) is 4. The number of ether oxygens (including phenoxy) is 4. The largest absolute Gasteiger partial charge is 0.490 e. The number of benzene rings is 2. The number of methoxy groups -OCH3 is 1. The Morgan fingerprint density at radius 3 is 2.75 bits per heavy atom. The molecule has 214 valence electrons. The average Bonchev–Trinajstić information content (AvgIpc) is 2.91. The lowest BCUT2D eigenvalue weighted by Crippen LogP contribution is -2.45. The zero-order valence-electron chi connectivity index (χ0n) is 22.1. The molecule has 0 aliphatic carbocycles. The van der Waals surface area contributed by atoms with Crippen molar-refractivity contribution in [1.29, 1.82) is 0 Å². The predicted octanol–water partition coefficient (Wildman–Crippen LogP) is 4.14. The maximum absolute atomic E-state index is 12.4. The van der Waals surface area contributed by atoms with Crippen molar-refractivity contribution >= 4 is 56.7 Å². The fourth-order valence-electron chi connectivity index (χ4n) is 3.79. The highest BCUT2D eigenvalue weighted by Gasteiger charge is 2.32. The topological polar surface area (TPSA) is 140 Å². The molecule has 0 bridgehead atoms. The van der Waals surface area contributed by atoms with Crippen molar-refractivity contribution in [3.05, 3.63) is 73.4 Å². The Balaban J connectivity index is 1.72. The Kier molecular flexibility index (Phi) is 11.6. The normalized spacial score (nSPS) is 15.7. The van der Waals surface area contributed by atoms with Gasteiger partial charge in [-0.2, -0.15) is 5.10 Å². The maximum atomic E-state index is 12.4. The van der Waals surface area contributed by atoms with E-state index in [-0.39, 0.29) is 12.2 Å². The summed E-state index contributed by atoms with van der Waals surface area (Å²) in [6.07, 6.45) is 2.05. The molecule has 1 aliphatic rings. The third-order valence-electron chi connectivity index (χ3n) is 5.48. The summed E-state index contributed by atoms with van der Waals surface area (Å²) in [7, 11) is 1.27. The molecule has 0 saturated carbocycles. The monoisotopic (exact) mass is 728 g/mol. The van der Waals surface area contributed by atoms with Gasteiger partial charge in [0, 0.05) is 15.7 Å². The molecule has 0 aromatic heterocycles. The number of amides is 2. The van der Waals surface area contributed by atoms with Gasteiger partial charge in [0.15, 0.2) is 17.7 Å². The van der Waals surface area contributed by atoms with E-state index in [2.05, 4.69) is 66.3 Å². The zero-order valence-corrected chi connectivity index (χ0v) is 25.9. The highest BCUT2D eigenvalue weighted by atomic mass is 127. The summed E-state index contributed by atoms with van der Waals surface area (Å²) >= 11 is 5.63. The second-order valence-electron chi connectivity index (χ2n) is 8.32. The molecule has 2 aromatic carbocycles. The average molecular weight is 729 g/mol. The van der Waals surface area contributed by atoms with Crippen molar-refractivity contribution in [2.24, 2.45) is 5.10 Å². The number of nitrogens with one attached hydrogen (secondary N) is 3. The van der Waals surface area contributed by atoms with Crippen LogP contribution in [0.4, 0.5) is 4.79 Å². The standard InChI is InChI=1S/C27H30BrIN4O7/c1-5-9-39-25-17(10-18(28)12-19(25)29)13-30-33-22(34)14-40-20-8-7-16(11-21(20)38-6-2)24-23(26(35)37-4)15(3)31-27(36)32-24/h5,7-8,10-13,22,24,33-34H,1,6,9,14H2,2-4H3,(H2,31,32,36)/b30-13+/t22-,24-/m1/s1. The minimum atomic E-state index is -1.14. The lowest BCUT2D eigenvalue weighted by atomic mass is 9.95. The van der Waals surface area contributed by atoms with Gasteiger partial charge in [-0.25, -0.2) is 9.59 Å². The van der Waals surface area contributed by atoms with Crippen LogP contribution in [0.3, 0.4) is 0 Å². The second kappa shape index (κ2) is 14.9. The molecular weight excluding hydrogens is 699 g/mol. The number of urea groups is 1. The molecule has 1 heterocycles. The summed E-state index contributed by atoms with van der Waals surface area (Å²) in [6.45, 7) is 7.64. The number of nitrogens with zero attached hydrogens (tertiary/aromatic N) is 1. The van der Waals surface area contributed by atoms with Gasteiger partial charge in [-0.05, 0) is 66.3 Å². The molecule has 0 spiro atoms. The number of aliphatic hydroxyl groups excluding tert-OH is 1. The van der Waals surface area contributed by atoms with Crippen LogP contribution in [0.5, 0.6) is 17.2 Å². The van der Waals surface area contributed by atoms with Gasteiger partial charge >= 0.3 is 12.0 Å². The van der Waals surface area contributed by atoms with Gasteiger partial charge in [0.25, 0.3) is 0 Å². The summed E-state index contributed by atoms with van der Waals surface area (Å²) < 4.78 is 23.9. The van der Waals surface area contributed by atoms with E-state index in [9.17, 15) is 14.7 Å². The number of aliphatic hydroxyl groups is 1. The molecule has 0 fully saturated rings. The highest BCUT2D eigenvalue weighted by Crippen LogP contribution is 2.35. The van der Waals surface area contributed by atoms with Crippen LogP contribution in [-0.4, -0.2) is 56.5 Å². The van der Waals surface area contributed by atoms with E-state index in [4.69, 9.17) is 18.9 Å². The van der Waals surface area contributed by atoms with Crippen molar-refractivity contribution in [2.45, 2.75) is 26.1 Å². The molecule has 4 N–H and O–H groups in total. The van der Waals surface area contributed by atoms with E-state index in [1.807, 2.05) is 19.1 Å². The minimum Gasteiger partial charge on any atom is -0.490 e. The summed E-state index contributed by atoms with van der Waals surface area (Å²) in [5.41, 5.74) is 4.59. The van der Waals surface area contributed by atoms with Crippen LogP contribution in [0, 0.1) is 3.57 Å². The molecule has 0 saturated heterocycles. The van der Waals surface area contributed by atoms with Gasteiger partial charge in [0.1, 0.15) is 19.0 Å².